The van der Waals surface area contributed by atoms with Gasteiger partial charge >= 0.3 is 0 Å². The lowest BCUT2D eigenvalue weighted by molar-refractivity contribution is -0.130. The zero-order valence-corrected chi connectivity index (χ0v) is 15.9. The molecule has 2 aliphatic rings. The Hall–Kier alpha value is -2.41. The van der Waals surface area contributed by atoms with Crippen molar-refractivity contribution in [3.63, 3.8) is 0 Å². The number of hydrogen-bond acceptors (Lipinski definition) is 5. The summed E-state index contributed by atoms with van der Waals surface area (Å²) in [4.78, 5) is 15.1. The second-order valence-corrected chi connectivity index (χ2v) is 7.63. The molecule has 0 saturated carbocycles. The third kappa shape index (κ3) is 3.43. The minimum Gasteiger partial charge on any atom is -0.497 e. The third-order valence-corrected chi connectivity index (χ3v) is 6.04. The average molecular weight is 370 g/mol. The Morgan fingerprint density at radius 3 is 2.89 bits per heavy atom. The molecule has 1 unspecified atom stereocenters. The van der Waals surface area contributed by atoms with E-state index in [-0.39, 0.29) is 17.2 Å². The molecule has 7 heteroatoms. The quantitative estimate of drug-likeness (QED) is 0.821. The first-order chi connectivity index (χ1) is 13.1. The van der Waals surface area contributed by atoms with Crippen molar-refractivity contribution < 1.29 is 14.3 Å². The highest BCUT2D eigenvalue weighted by Crippen LogP contribution is 2.48. The molecule has 27 heavy (non-hydrogen) atoms. The molecule has 2 saturated heterocycles. The monoisotopic (exact) mass is 370 g/mol. The van der Waals surface area contributed by atoms with Crippen molar-refractivity contribution >= 4 is 5.91 Å². The summed E-state index contributed by atoms with van der Waals surface area (Å²) in [6.45, 7) is 2.94. The highest BCUT2D eigenvalue weighted by atomic mass is 16.5. The van der Waals surface area contributed by atoms with E-state index in [9.17, 15) is 4.79 Å². The van der Waals surface area contributed by atoms with Gasteiger partial charge in [-0.05, 0) is 30.5 Å². The van der Waals surface area contributed by atoms with E-state index in [0.29, 0.717) is 13.0 Å². The molecule has 1 amide bonds. The van der Waals surface area contributed by atoms with E-state index in [0.717, 1.165) is 49.7 Å². The number of likely N-dealkylation sites (tertiary alicyclic amines) is 1. The highest BCUT2D eigenvalue weighted by molar-refractivity contribution is 5.79. The molecule has 0 radical (unpaired) electrons. The minimum atomic E-state index is 0.0308. The summed E-state index contributed by atoms with van der Waals surface area (Å²) in [7, 11) is 3.62. The van der Waals surface area contributed by atoms with E-state index in [1.807, 2.05) is 40.8 Å². The number of amides is 1. The first kappa shape index (κ1) is 18.0. The van der Waals surface area contributed by atoms with Crippen LogP contribution >= 0.6 is 0 Å². The van der Waals surface area contributed by atoms with Crippen LogP contribution < -0.4 is 4.74 Å². The number of methoxy groups -OCH3 is 1. The van der Waals surface area contributed by atoms with Crippen LogP contribution in [0.15, 0.2) is 30.6 Å². The van der Waals surface area contributed by atoms with E-state index < -0.39 is 0 Å². The third-order valence-electron chi connectivity index (χ3n) is 6.04. The molecule has 0 N–H and O–H groups in total. The van der Waals surface area contributed by atoms with Crippen LogP contribution in [0.5, 0.6) is 5.75 Å². The Labute approximate surface area is 159 Å². The molecule has 144 valence electrons. The van der Waals surface area contributed by atoms with Gasteiger partial charge in [0, 0.05) is 44.7 Å². The maximum atomic E-state index is 13.1. The smallest absolute Gasteiger partial charge is 0.227 e. The molecular formula is C20H26N4O3. The van der Waals surface area contributed by atoms with Gasteiger partial charge in [0.15, 0.2) is 0 Å². The Balaban J connectivity index is 1.55. The Morgan fingerprint density at radius 1 is 1.37 bits per heavy atom. The van der Waals surface area contributed by atoms with Crippen molar-refractivity contribution in [1.82, 2.24) is 19.7 Å². The van der Waals surface area contributed by atoms with Gasteiger partial charge in [-0.25, -0.2) is 0 Å². The molecule has 1 spiro atoms. The number of hydrogen-bond donors (Lipinski definition) is 0. The summed E-state index contributed by atoms with van der Waals surface area (Å²) in [5.41, 5.74) is 1.01. The Bertz CT molecular complexity index is 813. The van der Waals surface area contributed by atoms with E-state index >= 15 is 0 Å². The number of carbonyl (C=O) groups is 1. The maximum absolute atomic E-state index is 13.1. The summed E-state index contributed by atoms with van der Waals surface area (Å²) in [5, 5.41) is 8.43. The van der Waals surface area contributed by atoms with Crippen LogP contribution in [0, 0.1) is 5.41 Å². The van der Waals surface area contributed by atoms with E-state index in [1.54, 1.807) is 13.4 Å². The van der Waals surface area contributed by atoms with Crippen LogP contribution in [0.4, 0.5) is 0 Å². The first-order valence-electron chi connectivity index (χ1n) is 9.44. The van der Waals surface area contributed by atoms with Crippen LogP contribution in [0.1, 0.15) is 30.1 Å². The largest absolute Gasteiger partial charge is 0.497 e. The van der Waals surface area contributed by atoms with Gasteiger partial charge in [-0.15, -0.1) is 10.2 Å². The van der Waals surface area contributed by atoms with Gasteiger partial charge in [0.05, 0.1) is 13.5 Å². The fourth-order valence-corrected chi connectivity index (χ4v) is 4.48. The molecule has 1 aromatic carbocycles. The number of aryl methyl sites for hydroxylation is 1. The number of rotatable bonds is 4. The molecule has 2 aliphatic heterocycles. The van der Waals surface area contributed by atoms with Crippen molar-refractivity contribution in [3.8, 4) is 5.75 Å². The van der Waals surface area contributed by atoms with Gasteiger partial charge in [0.25, 0.3) is 0 Å². The van der Waals surface area contributed by atoms with Crippen molar-refractivity contribution in [3.05, 3.63) is 42.0 Å². The average Bonchev–Trinajstić information content (AvgIpc) is 3.26. The number of nitrogens with zero attached hydrogens (tertiary/aromatic N) is 4. The number of ether oxygens (including phenoxy) is 2. The molecule has 3 heterocycles. The zero-order valence-electron chi connectivity index (χ0n) is 15.9. The SMILES string of the molecule is COc1cccc(CC(=O)N2CC(c3nncn3C)C3(CCOCC3)C2)c1. The summed E-state index contributed by atoms with van der Waals surface area (Å²) < 4.78 is 12.9. The fourth-order valence-electron chi connectivity index (χ4n) is 4.48. The zero-order chi connectivity index (χ0) is 18.9. The van der Waals surface area contributed by atoms with Crippen LogP contribution in [0.3, 0.4) is 0 Å². The predicted molar refractivity (Wildman–Crippen MR) is 99.5 cm³/mol. The van der Waals surface area contributed by atoms with Crippen LogP contribution in [0.2, 0.25) is 0 Å². The van der Waals surface area contributed by atoms with Crippen LogP contribution in [-0.4, -0.2) is 59.0 Å². The molecule has 7 nitrogen and oxygen atoms in total. The van der Waals surface area contributed by atoms with Gasteiger partial charge in [0.1, 0.15) is 17.9 Å². The number of carbonyl (C=O) groups excluding carboxylic acids is 1. The Kier molecular flexibility index (Phi) is 4.86. The minimum absolute atomic E-state index is 0.0308. The Morgan fingerprint density at radius 2 is 2.19 bits per heavy atom. The molecular weight excluding hydrogens is 344 g/mol. The van der Waals surface area contributed by atoms with Crippen LogP contribution in [0.25, 0.3) is 0 Å². The molecule has 0 bridgehead atoms. The van der Waals surface area contributed by atoms with Gasteiger partial charge in [-0.2, -0.15) is 0 Å². The molecule has 1 atom stereocenters. The van der Waals surface area contributed by atoms with Gasteiger partial charge in [-0.1, -0.05) is 12.1 Å². The van der Waals surface area contributed by atoms with E-state index in [1.165, 1.54) is 0 Å². The second kappa shape index (κ2) is 7.31. The molecule has 4 rings (SSSR count). The summed E-state index contributed by atoms with van der Waals surface area (Å²) >= 11 is 0. The van der Waals surface area contributed by atoms with Gasteiger partial charge in [-0.3, -0.25) is 4.79 Å². The van der Waals surface area contributed by atoms with Crippen molar-refractivity contribution in [1.29, 1.82) is 0 Å². The lowest BCUT2D eigenvalue weighted by Gasteiger charge is -2.37. The lowest BCUT2D eigenvalue weighted by atomic mass is 9.72. The standard InChI is InChI=1S/C20H26N4O3/c1-23-14-21-22-19(23)17-12-24(13-20(17)6-8-27-9-7-20)18(25)11-15-4-3-5-16(10-15)26-2/h3-5,10,14,17H,6-9,11-13H2,1-2H3. The van der Waals surface area contributed by atoms with Gasteiger partial charge in [0.2, 0.25) is 5.91 Å². The summed E-state index contributed by atoms with van der Waals surface area (Å²) in [6, 6.07) is 7.72. The number of benzene rings is 1. The first-order valence-corrected chi connectivity index (χ1v) is 9.44. The molecule has 1 aromatic heterocycles. The summed E-state index contributed by atoms with van der Waals surface area (Å²) in [5.74, 6) is 2.09. The van der Waals surface area contributed by atoms with E-state index in [4.69, 9.17) is 9.47 Å². The van der Waals surface area contributed by atoms with Crippen molar-refractivity contribution in [2.45, 2.75) is 25.2 Å². The second-order valence-electron chi connectivity index (χ2n) is 7.63. The van der Waals surface area contributed by atoms with Gasteiger partial charge < -0.3 is 18.9 Å². The normalized spacial score (nSPS) is 21.6. The lowest BCUT2D eigenvalue weighted by Crippen LogP contribution is -2.38. The molecule has 0 aliphatic carbocycles. The molecule has 2 aromatic rings. The summed E-state index contributed by atoms with van der Waals surface area (Å²) in [6.07, 6.45) is 4.03. The highest BCUT2D eigenvalue weighted by Gasteiger charge is 2.50. The maximum Gasteiger partial charge on any atom is 0.227 e. The van der Waals surface area contributed by atoms with Crippen molar-refractivity contribution in [2.75, 3.05) is 33.4 Å². The number of aromatic nitrogens is 3. The topological polar surface area (TPSA) is 69.5 Å². The van der Waals surface area contributed by atoms with Crippen molar-refractivity contribution in [2.24, 2.45) is 12.5 Å². The van der Waals surface area contributed by atoms with Crippen LogP contribution in [-0.2, 0) is 23.0 Å². The fraction of sp³-hybridized carbons (Fsp3) is 0.550. The predicted octanol–water partition coefficient (Wildman–Crippen LogP) is 1.79. The van der Waals surface area contributed by atoms with E-state index in [2.05, 4.69) is 10.2 Å². The molecule has 2 fully saturated rings.